The number of hydrogen-bond donors (Lipinski definition) is 1. The van der Waals surface area contributed by atoms with Crippen LogP contribution >= 0.6 is 0 Å². The molecule has 6 heteroatoms. The molecule has 4 amide bonds. The molecule has 30 heavy (non-hydrogen) atoms. The highest BCUT2D eigenvalue weighted by atomic mass is 16.2. The minimum absolute atomic E-state index is 0.0660. The Labute approximate surface area is 176 Å². The molecule has 1 heterocycles. The van der Waals surface area contributed by atoms with Crippen molar-refractivity contribution in [3.63, 3.8) is 0 Å². The van der Waals surface area contributed by atoms with Gasteiger partial charge in [-0.25, -0.2) is 9.69 Å². The maximum atomic E-state index is 13.4. The Hall–Kier alpha value is -3.15. The van der Waals surface area contributed by atoms with Crippen molar-refractivity contribution in [3.8, 4) is 0 Å². The summed E-state index contributed by atoms with van der Waals surface area (Å²) in [6.45, 7) is 3.88. The van der Waals surface area contributed by atoms with Crippen molar-refractivity contribution in [2.45, 2.75) is 45.6 Å². The van der Waals surface area contributed by atoms with E-state index in [1.165, 1.54) is 4.90 Å². The Kier molecular flexibility index (Phi) is 5.57. The molecule has 2 atom stereocenters. The topological polar surface area (TPSA) is 69.7 Å². The number of benzene rings is 2. The molecule has 2 aromatic carbocycles. The van der Waals surface area contributed by atoms with Gasteiger partial charge in [0, 0.05) is 11.7 Å². The Morgan fingerprint density at radius 3 is 2.20 bits per heavy atom. The van der Waals surface area contributed by atoms with Crippen molar-refractivity contribution in [1.82, 2.24) is 4.90 Å². The molecular formula is C24H27N3O3. The minimum Gasteiger partial charge on any atom is -0.325 e. The van der Waals surface area contributed by atoms with Crippen molar-refractivity contribution in [1.29, 1.82) is 0 Å². The Bertz CT molecular complexity index is 953. The average molecular weight is 405 g/mol. The first-order valence-electron chi connectivity index (χ1n) is 10.5. The van der Waals surface area contributed by atoms with Crippen molar-refractivity contribution in [2.24, 2.45) is 5.92 Å². The third-order valence-electron chi connectivity index (χ3n) is 6.05. The Morgan fingerprint density at radius 2 is 1.53 bits per heavy atom. The summed E-state index contributed by atoms with van der Waals surface area (Å²) in [5.74, 6) is -0.664. The molecule has 2 unspecified atom stereocenters. The second kappa shape index (κ2) is 8.30. The summed E-state index contributed by atoms with van der Waals surface area (Å²) < 4.78 is 0. The molecule has 0 radical (unpaired) electrons. The maximum Gasteiger partial charge on any atom is 0.332 e. The second-order valence-electron chi connectivity index (χ2n) is 8.29. The molecule has 6 nitrogen and oxygen atoms in total. The summed E-state index contributed by atoms with van der Waals surface area (Å²) in [6, 6.07) is 14.3. The number of imide groups is 1. The van der Waals surface area contributed by atoms with Crippen LogP contribution in [-0.4, -0.2) is 35.3 Å². The van der Waals surface area contributed by atoms with E-state index in [2.05, 4.69) is 5.32 Å². The van der Waals surface area contributed by atoms with E-state index in [1.54, 1.807) is 17.0 Å². The van der Waals surface area contributed by atoms with E-state index < -0.39 is 6.03 Å². The molecule has 2 aliphatic rings. The lowest BCUT2D eigenvalue weighted by Crippen LogP contribution is -2.64. The lowest BCUT2D eigenvalue weighted by atomic mass is 9.81. The van der Waals surface area contributed by atoms with Crippen LogP contribution < -0.4 is 10.2 Å². The highest BCUT2D eigenvalue weighted by molar-refractivity contribution is 6.17. The Morgan fingerprint density at radius 1 is 0.933 bits per heavy atom. The first-order chi connectivity index (χ1) is 14.4. The molecule has 2 aromatic rings. The highest BCUT2D eigenvalue weighted by Crippen LogP contribution is 2.36. The third-order valence-corrected chi connectivity index (χ3v) is 6.05. The van der Waals surface area contributed by atoms with Crippen LogP contribution in [0.15, 0.2) is 48.5 Å². The molecule has 1 aliphatic carbocycles. The number of hydrogen-bond acceptors (Lipinski definition) is 3. The third kappa shape index (κ3) is 3.95. The zero-order valence-electron chi connectivity index (χ0n) is 17.4. The van der Waals surface area contributed by atoms with Gasteiger partial charge < -0.3 is 10.2 Å². The molecule has 4 rings (SSSR count). The number of aryl methyl sites for hydroxylation is 2. The van der Waals surface area contributed by atoms with E-state index in [-0.39, 0.29) is 30.3 Å². The minimum atomic E-state index is -0.411. The monoisotopic (exact) mass is 405 g/mol. The number of nitrogens with zero attached hydrogens (tertiary/aromatic N) is 2. The van der Waals surface area contributed by atoms with E-state index in [4.69, 9.17) is 0 Å². The number of urea groups is 1. The van der Waals surface area contributed by atoms with Gasteiger partial charge in [0.05, 0.1) is 11.6 Å². The van der Waals surface area contributed by atoms with Gasteiger partial charge >= 0.3 is 6.03 Å². The standard InChI is InChI=1S/C24H27N3O3/c1-16-7-11-18(12-8-16)25-22(28)15-26-21-6-4-3-5-20(21)23(29)27(24(26)30)19-13-9-17(2)10-14-19/h7-14,20-21H,3-6,15H2,1-2H3,(H,25,28). The summed E-state index contributed by atoms with van der Waals surface area (Å²) >= 11 is 0. The molecule has 2 fully saturated rings. The number of carbonyl (C=O) groups is 3. The van der Waals surface area contributed by atoms with Gasteiger partial charge in [-0.15, -0.1) is 0 Å². The lowest BCUT2D eigenvalue weighted by molar-refractivity contribution is -0.128. The van der Waals surface area contributed by atoms with Crippen LogP contribution in [0.3, 0.4) is 0 Å². The number of amides is 4. The molecule has 0 bridgehead atoms. The van der Waals surface area contributed by atoms with Crippen LogP contribution in [0.4, 0.5) is 16.2 Å². The number of rotatable bonds is 4. The lowest BCUT2D eigenvalue weighted by Gasteiger charge is -2.46. The van der Waals surface area contributed by atoms with E-state index in [0.717, 1.165) is 36.8 Å². The fraction of sp³-hybridized carbons (Fsp3) is 0.375. The number of nitrogens with one attached hydrogen (secondary N) is 1. The zero-order chi connectivity index (χ0) is 21.3. The normalized spacial score (nSPS) is 21.4. The number of anilines is 2. The molecule has 156 valence electrons. The first kappa shape index (κ1) is 20.1. The van der Waals surface area contributed by atoms with Crippen LogP contribution in [0.2, 0.25) is 0 Å². The Balaban J connectivity index is 1.58. The van der Waals surface area contributed by atoms with E-state index in [0.29, 0.717) is 11.4 Å². The summed E-state index contributed by atoms with van der Waals surface area (Å²) in [5.41, 5.74) is 3.42. The average Bonchev–Trinajstić information content (AvgIpc) is 2.74. The van der Waals surface area contributed by atoms with Crippen LogP contribution in [0.1, 0.15) is 36.8 Å². The van der Waals surface area contributed by atoms with Gasteiger partial charge in [-0.3, -0.25) is 9.59 Å². The highest BCUT2D eigenvalue weighted by Gasteiger charge is 2.47. The molecule has 1 N–H and O–H groups in total. The smallest absolute Gasteiger partial charge is 0.325 e. The molecule has 0 spiro atoms. The van der Waals surface area contributed by atoms with Gasteiger partial charge in [-0.2, -0.15) is 0 Å². The van der Waals surface area contributed by atoms with Gasteiger partial charge in [0.25, 0.3) is 0 Å². The van der Waals surface area contributed by atoms with Crippen molar-refractivity contribution in [3.05, 3.63) is 59.7 Å². The quantitative estimate of drug-likeness (QED) is 0.826. The van der Waals surface area contributed by atoms with E-state index in [9.17, 15) is 14.4 Å². The molecule has 1 saturated heterocycles. The van der Waals surface area contributed by atoms with Crippen molar-refractivity contribution >= 4 is 29.2 Å². The maximum absolute atomic E-state index is 13.4. The number of carbonyl (C=O) groups excluding carboxylic acids is 3. The molecule has 1 aliphatic heterocycles. The van der Waals surface area contributed by atoms with Gasteiger partial charge in [-0.05, 0) is 51.0 Å². The molecular weight excluding hydrogens is 378 g/mol. The van der Waals surface area contributed by atoms with Crippen LogP contribution in [0.25, 0.3) is 0 Å². The van der Waals surface area contributed by atoms with Gasteiger partial charge in [-0.1, -0.05) is 48.2 Å². The van der Waals surface area contributed by atoms with Crippen LogP contribution in [-0.2, 0) is 9.59 Å². The predicted molar refractivity (Wildman–Crippen MR) is 116 cm³/mol. The van der Waals surface area contributed by atoms with Gasteiger partial charge in [0.1, 0.15) is 6.54 Å². The summed E-state index contributed by atoms with van der Waals surface area (Å²) in [7, 11) is 0. The largest absolute Gasteiger partial charge is 0.332 e. The second-order valence-corrected chi connectivity index (χ2v) is 8.29. The van der Waals surface area contributed by atoms with Crippen LogP contribution in [0, 0.1) is 19.8 Å². The van der Waals surface area contributed by atoms with Crippen molar-refractivity contribution in [2.75, 3.05) is 16.8 Å². The predicted octanol–water partition coefficient (Wildman–Crippen LogP) is 4.27. The first-order valence-corrected chi connectivity index (χ1v) is 10.5. The van der Waals surface area contributed by atoms with Crippen molar-refractivity contribution < 1.29 is 14.4 Å². The number of fused-ring (bicyclic) bond motifs is 1. The fourth-order valence-corrected chi connectivity index (χ4v) is 4.41. The molecule has 1 saturated carbocycles. The fourth-order valence-electron chi connectivity index (χ4n) is 4.41. The summed E-state index contributed by atoms with van der Waals surface area (Å²) in [4.78, 5) is 42.1. The summed E-state index contributed by atoms with van der Waals surface area (Å²) in [5, 5.41) is 2.87. The molecule has 0 aromatic heterocycles. The van der Waals surface area contributed by atoms with Gasteiger partial charge in [0.2, 0.25) is 11.8 Å². The SMILES string of the molecule is Cc1ccc(NC(=O)CN2C(=O)N(c3ccc(C)cc3)C(=O)C3CCCCC32)cc1. The van der Waals surface area contributed by atoms with Crippen LogP contribution in [0.5, 0.6) is 0 Å². The van der Waals surface area contributed by atoms with E-state index >= 15 is 0 Å². The summed E-state index contributed by atoms with van der Waals surface area (Å²) in [6.07, 6.45) is 3.42. The zero-order valence-corrected chi connectivity index (χ0v) is 17.4. The van der Waals surface area contributed by atoms with E-state index in [1.807, 2.05) is 50.2 Å². The van der Waals surface area contributed by atoms with Gasteiger partial charge in [0.15, 0.2) is 0 Å².